The lowest BCUT2D eigenvalue weighted by Gasteiger charge is -2.29. The van der Waals surface area contributed by atoms with E-state index < -0.39 is 10.0 Å². The van der Waals surface area contributed by atoms with E-state index in [2.05, 4.69) is 15.4 Å². The maximum absolute atomic E-state index is 12.2. The van der Waals surface area contributed by atoms with Gasteiger partial charge in [0, 0.05) is 25.0 Å². The molecule has 1 fully saturated rings. The zero-order valence-corrected chi connectivity index (χ0v) is 14.6. The molecule has 0 aliphatic carbocycles. The summed E-state index contributed by atoms with van der Waals surface area (Å²) in [6, 6.07) is 8.28. The Morgan fingerprint density at radius 2 is 1.74 bits per heavy atom. The maximum atomic E-state index is 12.2. The predicted molar refractivity (Wildman–Crippen MR) is 95.1 cm³/mol. The molecule has 1 saturated heterocycles. The highest BCUT2D eigenvalue weighted by atomic mass is 32.2. The fourth-order valence-electron chi connectivity index (χ4n) is 2.53. The summed E-state index contributed by atoms with van der Waals surface area (Å²) in [6.07, 6.45) is 8.87. The van der Waals surface area contributed by atoms with Gasteiger partial charge in [-0.3, -0.25) is 0 Å². The van der Waals surface area contributed by atoms with Crippen LogP contribution in [0.3, 0.4) is 0 Å². The smallest absolute Gasteiger partial charge is 0.282 e. The molecule has 1 aromatic rings. The molecule has 4 nitrogen and oxygen atoms in total. The molecule has 1 aliphatic heterocycles. The molecule has 2 rings (SSSR count). The standard InChI is InChI=1S/C18H24N2O2S/c1-16(2)15-17(20-13-7-4-8-14-20)11-12-19-23(21,22)18-9-5-3-6-10-18/h3,5-6,9-12,15H,4,7-8,13-14H2,1-2H3/b17-11+,19-12?. The van der Waals surface area contributed by atoms with Gasteiger partial charge >= 0.3 is 0 Å². The van der Waals surface area contributed by atoms with E-state index in [-0.39, 0.29) is 4.90 Å². The molecule has 0 bridgehead atoms. The van der Waals surface area contributed by atoms with Gasteiger partial charge in [-0.1, -0.05) is 23.8 Å². The third kappa shape index (κ3) is 5.36. The Balaban J connectivity index is 2.20. The average Bonchev–Trinajstić information content (AvgIpc) is 2.55. The lowest BCUT2D eigenvalue weighted by atomic mass is 10.1. The Labute approximate surface area is 139 Å². The Bertz CT molecular complexity index is 694. The Hall–Kier alpha value is -1.88. The van der Waals surface area contributed by atoms with Crippen LogP contribution in [0.5, 0.6) is 0 Å². The highest BCUT2D eigenvalue weighted by molar-refractivity contribution is 7.90. The molecule has 0 unspecified atom stereocenters. The van der Waals surface area contributed by atoms with E-state index in [9.17, 15) is 8.42 Å². The highest BCUT2D eigenvalue weighted by Gasteiger charge is 2.12. The molecule has 1 aromatic carbocycles. The first kappa shape index (κ1) is 17.5. The number of allylic oxidation sites excluding steroid dienone is 3. The number of rotatable bonds is 5. The molecule has 0 amide bonds. The minimum Gasteiger partial charge on any atom is -0.371 e. The van der Waals surface area contributed by atoms with Crippen LogP contribution in [0.15, 0.2) is 63.0 Å². The van der Waals surface area contributed by atoms with Gasteiger partial charge in [0.1, 0.15) is 0 Å². The average molecular weight is 332 g/mol. The van der Waals surface area contributed by atoms with Crippen molar-refractivity contribution in [1.29, 1.82) is 0 Å². The van der Waals surface area contributed by atoms with E-state index in [1.54, 1.807) is 36.4 Å². The summed E-state index contributed by atoms with van der Waals surface area (Å²) in [5, 5.41) is 0. The molecular formula is C18H24N2O2S. The monoisotopic (exact) mass is 332 g/mol. The summed E-state index contributed by atoms with van der Waals surface area (Å²) in [6.45, 7) is 6.09. The van der Waals surface area contributed by atoms with Gasteiger partial charge in [-0.2, -0.15) is 12.8 Å². The van der Waals surface area contributed by atoms with E-state index in [0.717, 1.165) is 18.8 Å². The number of benzene rings is 1. The zero-order valence-electron chi connectivity index (χ0n) is 13.8. The summed E-state index contributed by atoms with van der Waals surface area (Å²) >= 11 is 0. The van der Waals surface area contributed by atoms with Crippen LogP contribution in [0.1, 0.15) is 33.1 Å². The van der Waals surface area contributed by atoms with Crippen molar-refractivity contribution < 1.29 is 8.42 Å². The summed E-state index contributed by atoms with van der Waals surface area (Å²) in [7, 11) is -3.63. The van der Waals surface area contributed by atoms with Crippen LogP contribution in [0.2, 0.25) is 0 Å². The molecule has 0 spiro atoms. The normalized spacial score (nSPS) is 16.6. The molecule has 1 heterocycles. The number of hydrogen-bond acceptors (Lipinski definition) is 3. The van der Waals surface area contributed by atoms with Crippen LogP contribution >= 0.6 is 0 Å². The summed E-state index contributed by atoms with van der Waals surface area (Å²) < 4.78 is 28.1. The van der Waals surface area contributed by atoms with Crippen molar-refractivity contribution >= 4 is 16.2 Å². The quantitative estimate of drug-likeness (QED) is 0.609. The van der Waals surface area contributed by atoms with Crippen molar-refractivity contribution in [3.63, 3.8) is 0 Å². The first-order valence-electron chi connectivity index (χ1n) is 7.94. The van der Waals surface area contributed by atoms with Crippen molar-refractivity contribution in [2.45, 2.75) is 38.0 Å². The number of sulfonamides is 1. The van der Waals surface area contributed by atoms with E-state index in [1.165, 1.54) is 31.1 Å². The van der Waals surface area contributed by atoms with Crippen LogP contribution < -0.4 is 0 Å². The fourth-order valence-corrected chi connectivity index (χ4v) is 3.38. The molecule has 124 valence electrons. The van der Waals surface area contributed by atoms with E-state index in [0.29, 0.717) is 0 Å². The Morgan fingerprint density at radius 1 is 1.09 bits per heavy atom. The number of piperidine rings is 1. The minimum absolute atomic E-state index is 0.214. The molecule has 0 N–H and O–H groups in total. The van der Waals surface area contributed by atoms with Crippen LogP contribution in [-0.4, -0.2) is 32.6 Å². The fraction of sp³-hybridized carbons (Fsp3) is 0.389. The molecule has 5 heteroatoms. The molecule has 0 aromatic heterocycles. The Kier molecular flexibility index (Phi) is 6.16. The zero-order chi connectivity index (χ0) is 16.7. The van der Waals surface area contributed by atoms with Crippen LogP contribution in [0.25, 0.3) is 0 Å². The van der Waals surface area contributed by atoms with Crippen molar-refractivity contribution in [2.75, 3.05) is 13.1 Å². The molecular weight excluding hydrogens is 308 g/mol. The lowest BCUT2D eigenvalue weighted by molar-refractivity contribution is 0.293. The topological polar surface area (TPSA) is 49.7 Å². The van der Waals surface area contributed by atoms with Crippen LogP contribution in [0.4, 0.5) is 0 Å². The van der Waals surface area contributed by atoms with Gasteiger partial charge in [-0.15, -0.1) is 0 Å². The van der Waals surface area contributed by atoms with Gasteiger partial charge in [0.15, 0.2) is 0 Å². The van der Waals surface area contributed by atoms with E-state index in [4.69, 9.17) is 0 Å². The molecule has 1 aliphatic rings. The summed E-state index contributed by atoms with van der Waals surface area (Å²) in [5.41, 5.74) is 2.21. The first-order valence-corrected chi connectivity index (χ1v) is 9.38. The summed E-state index contributed by atoms with van der Waals surface area (Å²) in [4.78, 5) is 2.50. The number of nitrogens with zero attached hydrogens (tertiary/aromatic N) is 2. The largest absolute Gasteiger partial charge is 0.371 e. The molecule has 0 atom stereocenters. The number of likely N-dealkylation sites (tertiary alicyclic amines) is 1. The van der Waals surface area contributed by atoms with E-state index >= 15 is 0 Å². The minimum atomic E-state index is -3.63. The van der Waals surface area contributed by atoms with Gasteiger partial charge in [0.25, 0.3) is 10.0 Å². The second-order valence-electron chi connectivity index (χ2n) is 5.90. The van der Waals surface area contributed by atoms with Crippen molar-refractivity contribution in [1.82, 2.24) is 4.90 Å². The van der Waals surface area contributed by atoms with Crippen molar-refractivity contribution in [2.24, 2.45) is 4.40 Å². The SMILES string of the molecule is CC(C)=C/C(=C\C=NS(=O)(=O)c1ccccc1)N1CCCCC1. The third-order valence-electron chi connectivity index (χ3n) is 3.64. The maximum Gasteiger partial charge on any atom is 0.282 e. The van der Waals surface area contributed by atoms with Gasteiger partial charge in [0.05, 0.1) is 4.90 Å². The van der Waals surface area contributed by atoms with Crippen molar-refractivity contribution in [3.05, 3.63) is 53.8 Å². The van der Waals surface area contributed by atoms with Gasteiger partial charge < -0.3 is 4.90 Å². The Morgan fingerprint density at radius 3 is 2.35 bits per heavy atom. The van der Waals surface area contributed by atoms with Gasteiger partial charge in [0.2, 0.25) is 0 Å². The summed E-state index contributed by atoms with van der Waals surface area (Å²) in [5.74, 6) is 0. The molecule has 0 radical (unpaired) electrons. The first-order chi connectivity index (χ1) is 11.0. The predicted octanol–water partition coefficient (Wildman–Crippen LogP) is 3.78. The van der Waals surface area contributed by atoms with Gasteiger partial charge in [-0.25, -0.2) is 0 Å². The number of hydrogen-bond donors (Lipinski definition) is 0. The molecule has 23 heavy (non-hydrogen) atoms. The van der Waals surface area contributed by atoms with Crippen LogP contribution in [-0.2, 0) is 10.0 Å². The third-order valence-corrected chi connectivity index (χ3v) is 4.91. The van der Waals surface area contributed by atoms with Crippen LogP contribution in [0, 0.1) is 0 Å². The van der Waals surface area contributed by atoms with Crippen molar-refractivity contribution in [3.8, 4) is 0 Å². The van der Waals surface area contributed by atoms with Gasteiger partial charge in [-0.05, 0) is 57.4 Å². The highest BCUT2D eigenvalue weighted by Crippen LogP contribution is 2.17. The lowest BCUT2D eigenvalue weighted by Crippen LogP contribution is -2.28. The van der Waals surface area contributed by atoms with E-state index in [1.807, 2.05) is 13.8 Å². The second-order valence-corrected chi connectivity index (χ2v) is 7.54. The second kappa shape index (κ2) is 8.11. The molecule has 0 saturated carbocycles.